The summed E-state index contributed by atoms with van der Waals surface area (Å²) in [5.74, 6) is -0.995. The van der Waals surface area contributed by atoms with Crippen LogP contribution in [-0.2, 0) is 4.74 Å². The van der Waals surface area contributed by atoms with Crippen molar-refractivity contribution in [1.82, 2.24) is 4.90 Å². The van der Waals surface area contributed by atoms with Crippen LogP contribution in [0.25, 0.3) is 0 Å². The molecule has 3 N–H and O–H groups in total. The van der Waals surface area contributed by atoms with Crippen molar-refractivity contribution in [3.8, 4) is 0 Å². The largest absolute Gasteiger partial charge is 0.421 e. The molecule has 2 aromatic carbocycles. The number of benzene rings is 2. The third-order valence-corrected chi connectivity index (χ3v) is 7.07. The highest BCUT2D eigenvalue weighted by Gasteiger charge is 2.46. The Hall–Kier alpha value is -2.65. The van der Waals surface area contributed by atoms with E-state index < -0.39 is 23.8 Å². The predicted molar refractivity (Wildman–Crippen MR) is 121 cm³/mol. The summed E-state index contributed by atoms with van der Waals surface area (Å²) in [5.41, 5.74) is 9.93. The lowest BCUT2D eigenvalue weighted by Crippen LogP contribution is -2.53. The number of nitrogens with zero attached hydrogens (tertiary/aromatic N) is 2. The van der Waals surface area contributed by atoms with Gasteiger partial charge in [0, 0.05) is 47.6 Å². The smallest absolute Gasteiger partial charge is 0.370 e. The molecule has 0 aromatic heterocycles. The summed E-state index contributed by atoms with van der Waals surface area (Å²) in [6.45, 7) is 3.33. The number of hydrogen-bond donors (Lipinski definition) is 2. The van der Waals surface area contributed by atoms with Gasteiger partial charge in [-0.1, -0.05) is 18.2 Å². The van der Waals surface area contributed by atoms with Crippen LogP contribution in [0.3, 0.4) is 0 Å². The van der Waals surface area contributed by atoms with Crippen molar-refractivity contribution in [3.05, 3.63) is 76.9 Å². The number of carbonyl (C=O) groups is 1. The number of nitrogens with two attached hydrogens (primary N) is 1. The molecule has 0 saturated carbocycles. The molecule has 0 radical (unpaired) electrons. The van der Waals surface area contributed by atoms with Crippen molar-refractivity contribution in [2.75, 3.05) is 45.2 Å². The zero-order valence-electron chi connectivity index (χ0n) is 18.6. The normalized spacial score (nSPS) is 27.0. The van der Waals surface area contributed by atoms with Crippen LogP contribution < -0.4 is 11.1 Å². The van der Waals surface area contributed by atoms with Gasteiger partial charge in [0.05, 0.1) is 13.7 Å². The van der Waals surface area contributed by atoms with E-state index in [-0.39, 0.29) is 17.6 Å². The maximum atomic E-state index is 14.2. The molecule has 3 unspecified atom stereocenters. The molecule has 2 amide bonds. The summed E-state index contributed by atoms with van der Waals surface area (Å²) in [7, 11) is 1.97. The van der Waals surface area contributed by atoms with E-state index in [1.165, 1.54) is 17.2 Å². The van der Waals surface area contributed by atoms with Crippen LogP contribution in [-0.4, -0.2) is 67.3 Å². The zero-order valence-corrected chi connectivity index (χ0v) is 18.6. The van der Waals surface area contributed by atoms with Crippen molar-refractivity contribution in [2.24, 2.45) is 5.73 Å². The molecular weight excluding hydrogens is 426 g/mol. The highest BCUT2D eigenvalue weighted by atomic mass is 19.1. The summed E-state index contributed by atoms with van der Waals surface area (Å²) in [5, 5.41) is 3.02. The van der Waals surface area contributed by atoms with Crippen LogP contribution >= 0.6 is 0 Å². The molecule has 6 nitrogen and oxygen atoms in total. The number of rotatable bonds is 3. The van der Waals surface area contributed by atoms with E-state index in [4.69, 9.17) is 10.5 Å². The Labute approximate surface area is 192 Å². The minimum absolute atomic E-state index is 0.00914. The Morgan fingerprint density at radius 2 is 1.82 bits per heavy atom. The molecule has 1 fully saturated rings. The van der Waals surface area contributed by atoms with Crippen LogP contribution in [0.1, 0.15) is 18.1 Å². The van der Waals surface area contributed by atoms with E-state index in [2.05, 4.69) is 10.2 Å². The average molecular weight is 456 g/mol. The summed E-state index contributed by atoms with van der Waals surface area (Å²) in [4.78, 5) is 15.3. The third kappa shape index (κ3) is 4.31. The number of amides is 2. The lowest BCUT2D eigenvalue weighted by molar-refractivity contribution is -0.811. The minimum Gasteiger partial charge on any atom is -0.370 e. The fourth-order valence-corrected chi connectivity index (χ4v) is 5.33. The molecule has 3 atom stereocenters. The second kappa shape index (κ2) is 8.61. The number of para-hydroxylation sites is 1. The third-order valence-electron chi connectivity index (χ3n) is 7.07. The molecule has 0 aliphatic carbocycles. The first-order valence-electron chi connectivity index (χ1n) is 11.3. The molecule has 174 valence electrons. The number of ether oxygens (including phenoxy) is 1. The van der Waals surface area contributed by atoms with Gasteiger partial charge in [-0.15, -0.1) is 0 Å². The number of nitrogens with one attached hydrogen (secondary N) is 1. The predicted octanol–water partition coefficient (Wildman–Crippen LogP) is 3.43. The molecule has 0 bridgehead atoms. The van der Waals surface area contributed by atoms with Gasteiger partial charge in [-0.05, 0) is 36.8 Å². The molecule has 3 aliphatic rings. The topological polar surface area (TPSA) is 67.6 Å². The summed E-state index contributed by atoms with van der Waals surface area (Å²) < 4.78 is 34.1. The van der Waals surface area contributed by atoms with Crippen LogP contribution in [0, 0.1) is 11.6 Å². The van der Waals surface area contributed by atoms with E-state index in [1.807, 2.05) is 37.4 Å². The lowest BCUT2D eigenvalue weighted by atomic mass is 9.93. The maximum Gasteiger partial charge on any atom is 0.421 e. The Bertz CT molecular complexity index is 1070. The molecule has 2 aromatic rings. The quantitative estimate of drug-likeness (QED) is 0.550. The fourth-order valence-electron chi connectivity index (χ4n) is 5.33. The van der Waals surface area contributed by atoms with E-state index in [9.17, 15) is 13.6 Å². The van der Waals surface area contributed by atoms with Gasteiger partial charge >= 0.3 is 6.03 Å². The van der Waals surface area contributed by atoms with E-state index in [0.717, 1.165) is 30.9 Å². The highest BCUT2D eigenvalue weighted by molar-refractivity contribution is 5.84. The van der Waals surface area contributed by atoms with Crippen molar-refractivity contribution in [3.63, 3.8) is 0 Å². The van der Waals surface area contributed by atoms with Gasteiger partial charge in [0.2, 0.25) is 0 Å². The first-order chi connectivity index (χ1) is 15.8. The zero-order chi connectivity index (χ0) is 23.2. The molecule has 8 heteroatoms. The molecule has 5 rings (SSSR count). The number of quaternary nitrogens is 1. The number of carbonyl (C=O) groups excluding carboxylic acids is 1. The number of likely N-dealkylation sites (N-methyl/N-ethyl adjacent to an activating group) is 1. The van der Waals surface area contributed by atoms with Gasteiger partial charge < -0.3 is 10.5 Å². The molecule has 3 heterocycles. The minimum atomic E-state index is -0.652. The Balaban J connectivity index is 1.18. The second-order valence-electron chi connectivity index (χ2n) is 9.59. The van der Waals surface area contributed by atoms with Crippen molar-refractivity contribution >= 4 is 11.7 Å². The van der Waals surface area contributed by atoms with E-state index >= 15 is 0 Å². The van der Waals surface area contributed by atoms with Crippen LogP contribution in [0.2, 0.25) is 0 Å². The number of halogens is 2. The summed E-state index contributed by atoms with van der Waals surface area (Å²) in [6, 6.07) is 12.6. The first-order valence-corrected chi connectivity index (χ1v) is 11.3. The SMILES string of the molecule is C[N+]1(C(=O)Nc2ccccc2)CC2=C(CN(C3COC(c4cc(F)ccc4F)C(N)C3)C2)C1. The highest BCUT2D eigenvalue weighted by Crippen LogP contribution is 2.36. The van der Waals surface area contributed by atoms with Crippen molar-refractivity contribution in [2.45, 2.75) is 24.6 Å². The summed E-state index contributed by atoms with van der Waals surface area (Å²) in [6.07, 6.45) is -0.0112. The van der Waals surface area contributed by atoms with Crippen molar-refractivity contribution in [1.29, 1.82) is 0 Å². The second-order valence-corrected chi connectivity index (χ2v) is 9.59. The number of anilines is 1. The summed E-state index contributed by atoms with van der Waals surface area (Å²) >= 11 is 0. The Morgan fingerprint density at radius 1 is 1.12 bits per heavy atom. The Kier molecular flexibility index (Phi) is 5.78. The standard InChI is InChI=1S/C25H28F2N4O2/c1-31(25(32)29-19-5-3-2-4-6-19)13-16-11-30(12-17(16)14-31)20-10-23(28)24(33-15-20)21-9-18(26)7-8-22(21)27/h2-9,20,23-24H,10-15,28H2,1H3/p+1. The maximum absolute atomic E-state index is 14.2. The molecule has 0 spiro atoms. The van der Waals surface area contributed by atoms with Gasteiger partial charge in [0.15, 0.2) is 0 Å². The van der Waals surface area contributed by atoms with Gasteiger partial charge in [-0.2, -0.15) is 0 Å². The molecule has 3 aliphatic heterocycles. The Morgan fingerprint density at radius 3 is 2.48 bits per heavy atom. The van der Waals surface area contributed by atoms with Crippen molar-refractivity contribution < 1.29 is 22.8 Å². The van der Waals surface area contributed by atoms with Crippen LogP contribution in [0.4, 0.5) is 19.3 Å². The molecule has 33 heavy (non-hydrogen) atoms. The number of urea groups is 1. The van der Waals surface area contributed by atoms with Gasteiger partial charge in [-0.25, -0.2) is 18.1 Å². The van der Waals surface area contributed by atoms with Crippen LogP contribution in [0.15, 0.2) is 59.7 Å². The van der Waals surface area contributed by atoms with Gasteiger partial charge in [0.1, 0.15) is 30.8 Å². The van der Waals surface area contributed by atoms with Crippen LogP contribution in [0.5, 0.6) is 0 Å². The van der Waals surface area contributed by atoms with Gasteiger partial charge in [-0.3, -0.25) is 10.2 Å². The van der Waals surface area contributed by atoms with E-state index in [1.54, 1.807) is 0 Å². The fraction of sp³-hybridized carbons (Fsp3) is 0.400. The molecule has 1 saturated heterocycles. The average Bonchev–Trinajstić information content (AvgIpc) is 3.32. The van der Waals surface area contributed by atoms with E-state index in [0.29, 0.717) is 30.6 Å². The number of hydrogen-bond acceptors (Lipinski definition) is 4. The first kappa shape index (κ1) is 22.2. The van der Waals surface area contributed by atoms with Gasteiger partial charge in [0.25, 0.3) is 0 Å². The monoisotopic (exact) mass is 455 g/mol. The molecular formula is C25H29F2N4O2+. The lowest BCUT2D eigenvalue weighted by Gasteiger charge is -2.39.